The molecular weight excluding hydrogens is 204 g/mol. The summed E-state index contributed by atoms with van der Waals surface area (Å²) in [7, 11) is 0. The second-order valence-electron chi connectivity index (χ2n) is 5.08. The first kappa shape index (κ1) is 11.9. The smallest absolute Gasteiger partial charge is 0.225 e. The summed E-state index contributed by atoms with van der Waals surface area (Å²) in [6, 6.07) is 0.201. The van der Waals surface area contributed by atoms with Crippen molar-refractivity contribution in [3.63, 3.8) is 0 Å². The van der Waals surface area contributed by atoms with Crippen molar-refractivity contribution in [2.75, 3.05) is 26.3 Å². The van der Waals surface area contributed by atoms with E-state index in [1.807, 2.05) is 11.8 Å². The molecule has 0 radical (unpaired) electrons. The molecule has 2 aliphatic heterocycles. The minimum atomic E-state index is 0.195. The number of nitrogens with zero attached hydrogens (tertiary/aromatic N) is 1. The third-order valence-electron chi connectivity index (χ3n) is 3.85. The van der Waals surface area contributed by atoms with Gasteiger partial charge < -0.3 is 15.4 Å². The molecule has 2 fully saturated rings. The number of ether oxygens (including phenoxy) is 1. The molecule has 2 atom stereocenters. The van der Waals surface area contributed by atoms with Gasteiger partial charge in [-0.1, -0.05) is 0 Å². The number of amides is 1. The first-order chi connectivity index (χ1) is 7.68. The van der Waals surface area contributed by atoms with Crippen LogP contribution in [0.1, 0.15) is 26.2 Å². The molecule has 0 aromatic heterocycles. The molecule has 0 saturated carbocycles. The van der Waals surface area contributed by atoms with Crippen LogP contribution in [0.3, 0.4) is 0 Å². The van der Waals surface area contributed by atoms with E-state index in [2.05, 4.69) is 0 Å². The van der Waals surface area contributed by atoms with Gasteiger partial charge in [0.2, 0.25) is 5.91 Å². The van der Waals surface area contributed by atoms with Gasteiger partial charge >= 0.3 is 0 Å². The highest BCUT2D eigenvalue weighted by Gasteiger charge is 2.32. The summed E-state index contributed by atoms with van der Waals surface area (Å²) in [6.45, 7) is 5.26. The van der Waals surface area contributed by atoms with Gasteiger partial charge in [0, 0.05) is 38.3 Å². The van der Waals surface area contributed by atoms with E-state index in [0.717, 1.165) is 45.6 Å². The fraction of sp³-hybridized carbons (Fsp3) is 0.917. The zero-order valence-corrected chi connectivity index (χ0v) is 10.0. The Hall–Kier alpha value is -0.610. The maximum Gasteiger partial charge on any atom is 0.225 e. The van der Waals surface area contributed by atoms with E-state index in [1.165, 1.54) is 0 Å². The summed E-state index contributed by atoms with van der Waals surface area (Å²) < 4.78 is 5.28. The molecule has 2 aliphatic rings. The van der Waals surface area contributed by atoms with Crippen molar-refractivity contribution in [2.24, 2.45) is 17.6 Å². The van der Waals surface area contributed by atoms with Crippen LogP contribution in [-0.4, -0.2) is 43.2 Å². The quantitative estimate of drug-likeness (QED) is 0.750. The molecule has 4 nitrogen and oxygen atoms in total. The van der Waals surface area contributed by atoms with Crippen molar-refractivity contribution >= 4 is 5.91 Å². The fourth-order valence-corrected chi connectivity index (χ4v) is 2.62. The van der Waals surface area contributed by atoms with Crippen LogP contribution in [-0.2, 0) is 9.53 Å². The van der Waals surface area contributed by atoms with Gasteiger partial charge in [-0.15, -0.1) is 0 Å². The lowest BCUT2D eigenvalue weighted by atomic mass is 9.98. The van der Waals surface area contributed by atoms with Gasteiger partial charge in [0.15, 0.2) is 0 Å². The highest BCUT2D eigenvalue weighted by Crippen LogP contribution is 2.24. The number of carbonyl (C=O) groups is 1. The molecule has 2 rings (SSSR count). The number of carbonyl (C=O) groups excluding carboxylic acids is 1. The van der Waals surface area contributed by atoms with Crippen LogP contribution in [0.25, 0.3) is 0 Å². The Morgan fingerprint density at radius 2 is 2.06 bits per heavy atom. The lowest BCUT2D eigenvalue weighted by molar-refractivity contribution is -0.137. The van der Waals surface area contributed by atoms with Gasteiger partial charge in [-0.2, -0.15) is 0 Å². The van der Waals surface area contributed by atoms with E-state index in [9.17, 15) is 4.79 Å². The van der Waals surface area contributed by atoms with Gasteiger partial charge in [0.05, 0.1) is 0 Å². The number of rotatable bonds is 2. The van der Waals surface area contributed by atoms with Crippen LogP contribution < -0.4 is 5.73 Å². The minimum Gasteiger partial charge on any atom is -0.381 e. The molecule has 4 heteroatoms. The number of hydrogen-bond donors (Lipinski definition) is 1. The predicted octanol–water partition coefficient (Wildman–Crippen LogP) is 0.609. The first-order valence-corrected chi connectivity index (χ1v) is 6.30. The first-order valence-electron chi connectivity index (χ1n) is 6.30. The Morgan fingerprint density at radius 1 is 1.38 bits per heavy atom. The Labute approximate surface area is 97.1 Å². The SMILES string of the molecule is CC(N)C1CCN(C(=O)C2CCOCC2)C1. The molecule has 2 unspecified atom stereocenters. The van der Waals surface area contributed by atoms with Crippen molar-refractivity contribution in [3.05, 3.63) is 0 Å². The largest absolute Gasteiger partial charge is 0.381 e. The maximum absolute atomic E-state index is 12.2. The van der Waals surface area contributed by atoms with Crippen molar-refractivity contribution < 1.29 is 9.53 Å². The molecule has 1 amide bonds. The summed E-state index contributed by atoms with van der Waals surface area (Å²) in [5.41, 5.74) is 5.88. The molecular formula is C12H22N2O2. The summed E-state index contributed by atoms with van der Waals surface area (Å²) in [5.74, 6) is 1.01. The van der Waals surface area contributed by atoms with E-state index in [1.54, 1.807) is 0 Å². The summed E-state index contributed by atoms with van der Waals surface area (Å²) >= 11 is 0. The number of likely N-dealkylation sites (tertiary alicyclic amines) is 1. The summed E-state index contributed by atoms with van der Waals surface area (Å²) in [4.78, 5) is 14.2. The third-order valence-corrected chi connectivity index (χ3v) is 3.85. The van der Waals surface area contributed by atoms with Crippen LogP contribution in [0, 0.1) is 11.8 Å². The Bertz CT molecular complexity index is 249. The van der Waals surface area contributed by atoms with Crippen molar-refractivity contribution in [1.29, 1.82) is 0 Å². The maximum atomic E-state index is 12.2. The van der Waals surface area contributed by atoms with Crippen molar-refractivity contribution in [3.8, 4) is 0 Å². The van der Waals surface area contributed by atoms with E-state index in [4.69, 9.17) is 10.5 Å². The van der Waals surface area contributed by atoms with E-state index >= 15 is 0 Å². The molecule has 2 N–H and O–H groups in total. The van der Waals surface area contributed by atoms with Gasteiger partial charge in [-0.05, 0) is 32.1 Å². The Kier molecular flexibility index (Phi) is 3.82. The molecule has 0 spiro atoms. The number of nitrogens with two attached hydrogens (primary N) is 1. The lowest BCUT2D eigenvalue weighted by Gasteiger charge is -2.26. The monoisotopic (exact) mass is 226 g/mol. The summed E-state index contributed by atoms with van der Waals surface area (Å²) in [5, 5.41) is 0. The molecule has 0 aromatic carbocycles. The van der Waals surface area contributed by atoms with Crippen LogP contribution >= 0.6 is 0 Å². The summed E-state index contributed by atoms with van der Waals surface area (Å²) in [6.07, 6.45) is 2.84. The van der Waals surface area contributed by atoms with Crippen LogP contribution in [0.15, 0.2) is 0 Å². The van der Waals surface area contributed by atoms with E-state index < -0.39 is 0 Å². The highest BCUT2D eigenvalue weighted by molar-refractivity contribution is 5.79. The molecule has 0 aliphatic carbocycles. The molecule has 16 heavy (non-hydrogen) atoms. The average molecular weight is 226 g/mol. The second kappa shape index (κ2) is 5.15. The van der Waals surface area contributed by atoms with Crippen molar-refractivity contribution in [1.82, 2.24) is 4.90 Å². The van der Waals surface area contributed by atoms with Crippen molar-refractivity contribution in [2.45, 2.75) is 32.2 Å². The van der Waals surface area contributed by atoms with Crippen LogP contribution in [0.5, 0.6) is 0 Å². The Morgan fingerprint density at radius 3 is 2.62 bits per heavy atom. The van der Waals surface area contributed by atoms with E-state index in [-0.39, 0.29) is 12.0 Å². The zero-order chi connectivity index (χ0) is 11.5. The van der Waals surface area contributed by atoms with Crippen LogP contribution in [0.2, 0.25) is 0 Å². The third kappa shape index (κ3) is 2.55. The molecule has 92 valence electrons. The van der Waals surface area contributed by atoms with Gasteiger partial charge in [0.25, 0.3) is 0 Å². The average Bonchev–Trinajstić information content (AvgIpc) is 2.78. The molecule has 2 saturated heterocycles. The van der Waals surface area contributed by atoms with E-state index in [0.29, 0.717) is 11.8 Å². The number of hydrogen-bond acceptors (Lipinski definition) is 3. The minimum absolute atomic E-state index is 0.195. The zero-order valence-electron chi connectivity index (χ0n) is 10.0. The molecule has 0 aromatic rings. The molecule has 2 heterocycles. The topological polar surface area (TPSA) is 55.6 Å². The van der Waals surface area contributed by atoms with Gasteiger partial charge in [-0.3, -0.25) is 4.79 Å². The standard InChI is InChI=1S/C12H22N2O2/c1-9(13)11-2-5-14(8-11)12(15)10-3-6-16-7-4-10/h9-11H,2-8,13H2,1H3. The normalized spacial score (nSPS) is 29.4. The second-order valence-corrected chi connectivity index (χ2v) is 5.08. The lowest BCUT2D eigenvalue weighted by Crippen LogP contribution is -2.38. The predicted molar refractivity (Wildman–Crippen MR) is 61.9 cm³/mol. The van der Waals surface area contributed by atoms with Crippen LogP contribution in [0.4, 0.5) is 0 Å². The fourth-order valence-electron chi connectivity index (χ4n) is 2.62. The Balaban J connectivity index is 1.86. The molecule has 0 bridgehead atoms. The van der Waals surface area contributed by atoms with Gasteiger partial charge in [0.1, 0.15) is 0 Å². The van der Waals surface area contributed by atoms with Gasteiger partial charge in [-0.25, -0.2) is 0 Å². The highest BCUT2D eigenvalue weighted by atomic mass is 16.5.